The molecule has 0 saturated heterocycles. The Labute approximate surface area is 177 Å². The smallest absolute Gasteiger partial charge is 0.294 e. The SMILES string of the molecule is Cc1cc(C)c(N(N)/C(=N\N)SCC(=O)Nc2ccc(Cl)cc2[N+](=O)[O-])c(C)c1. The van der Waals surface area contributed by atoms with E-state index in [0.717, 1.165) is 34.1 Å². The highest BCUT2D eigenvalue weighted by Crippen LogP contribution is 2.29. The first-order valence-electron chi connectivity index (χ1n) is 8.41. The lowest BCUT2D eigenvalue weighted by atomic mass is 10.1. The van der Waals surface area contributed by atoms with Gasteiger partial charge in [0.05, 0.1) is 16.4 Å². The van der Waals surface area contributed by atoms with Crippen molar-refractivity contribution in [1.29, 1.82) is 0 Å². The third kappa shape index (κ3) is 5.59. The number of hydrazone groups is 1. The first-order chi connectivity index (χ1) is 13.6. The Balaban J connectivity index is 2.10. The highest BCUT2D eigenvalue weighted by Gasteiger charge is 2.19. The summed E-state index contributed by atoms with van der Waals surface area (Å²) in [6.07, 6.45) is 0. The molecule has 5 N–H and O–H groups in total. The molecule has 29 heavy (non-hydrogen) atoms. The van der Waals surface area contributed by atoms with Gasteiger partial charge >= 0.3 is 0 Å². The molecule has 0 radical (unpaired) electrons. The molecule has 0 saturated carbocycles. The molecule has 0 atom stereocenters. The van der Waals surface area contributed by atoms with Crippen LogP contribution >= 0.6 is 23.4 Å². The van der Waals surface area contributed by atoms with E-state index in [1.54, 1.807) is 0 Å². The van der Waals surface area contributed by atoms with E-state index in [1.807, 2.05) is 32.9 Å². The van der Waals surface area contributed by atoms with Gasteiger partial charge in [0.1, 0.15) is 5.69 Å². The number of amides is 1. The lowest BCUT2D eigenvalue weighted by molar-refractivity contribution is -0.383. The number of benzene rings is 2. The fourth-order valence-electron chi connectivity index (χ4n) is 2.89. The summed E-state index contributed by atoms with van der Waals surface area (Å²) < 4.78 is 0. The highest BCUT2D eigenvalue weighted by atomic mass is 35.5. The van der Waals surface area contributed by atoms with Gasteiger partial charge in [-0.15, -0.1) is 0 Å². The van der Waals surface area contributed by atoms with Crippen molar-refractivity contribution in [2.75, 3.05) is 16.1 Å². The molecule has 0 fully saturated rings. The van der Waals surface area contributed by atoms with Gasteiger partial charge in [-0.05, 0) is 44.0 Å². The number of nitro benzene ring substituents is 1. The van der Waals surface area contributed by atoms with Crippen LogP contribution in [0.2, 0.25) is 5.02 Å². The topological polar surface area (TPSA) is 140 Å². The third-order valence-corrected chi connectivity index (χ3v) is 5.16. The number of aryl methyl sites for hydroxylation is 3. The van der Waals surface area contributed by atoms with Crippen molar-refractivity contribution in [3.63, 3.8) is 0 Å². The summed E-state index contributed by atoms with van der Waals surface area (Å²) >= 11 is 6.79. The number of nitrogens with two attached hydrogens (primary N) is 2. The van der Waals surface area contributed by atoms with Crippen molar-refractivity contribution in [3.8, 4) is 0 Å². The number of amidine groups is 1. The van der Waals surface area contributed by atoms with Gasteiger partial charge in [0.15, 0.2) is 0 Å². The minimum atomic E-state index is -0.619. The number of hydrazine groups is 1. The molecule has 0 spiro atoms. The molecule has 9 nitrogen and oxygen atoms in total. The molecular formula is C18H21ClN6O3S. The molecular weight excluding hydrogens is 416 g/mol. The zero-order valence-corrected chi connectivity index (χ0v) is 17.7. The molecule has 0 heterocycles. The zero-order chi connectivity index (χ0) is 21.7. The van der Waals surface area contributed by atoms with Crippen molar-refractivity contribution < 1.29 is 9.72 Å². The van der Waals surface area contributed by atoms with Crippen molar-refractivity contribution >= 4 is 51.5 Å². The Morgan fingerprint density at radius 2 is 1.90 bits per heavy atom. The number of halogens is 1. The number of nitrogens with one attached hydrogen (secondary N) is 1. The summed E-state index contributed by atoms with van der Waals surface area (Å²) in [6, 6.07) is 7.95. The van der Waals surface area contributed by atoms with Crippen LogP contribution in [-0.2, 0) is 4.79 Å². The van der Waals surface area contributed by atoms with Gasteiger partial charge in [0, 0.05) is 11.1 Å². The van der Waals surface area contributed by atoms with Crippen molar-refractivity contribution in [3.05, 3.63) is 62.2 Å². The maximum Gasteiger partial charge on any atom is 0.294 e. The van der Waals surface area contributed by atoms with E-state index in [1.165, 1.54) is 23.2 Å². The zero-order valence-electron chi connectivity index (χ0n) is 16.1. The van der Waals surface area contributed by atoms with E-state index in [0.29, 0.717) is 0 Å². The van der Waals surface area contributed by atoms with Gasteiger partial charge in [-0.1, -0.05) is 41.1 Å². The number of nitrogens with zero attached hydrogens (tertiary/aromatic N) is 3. The second-order valence-electron chi connectivity index (χ2n) is 6.28. The van der Waals surface area contributed by atoms with Crippen molar-refractivity contribution in [1.82, 2.24) is 0 Å². The summed E-state index contributed by atoms with van der Waals surface area (Å²) in [7, 11) is 0. The Kier molecular flexibility index (Phi) is 7.43. The second kappa shape index (κ2) is 9.59. The van der Waals surface area contributed by atoms with Crippen molar-refractivity contribution in [2.45, 2.75) is 20.8 Å². The van der Waals surface area contributed by atoms with Crippen LogP contribution in [0, 0.1) is 30.9 Å². The largest absolute Gasteiger partial charge is 0.321 e. The minimum Gasteiger partial charge on any atom is -0.321 e. The van der Waals surface area contributed by atoms with E-state index in [-0.39, 0.29) is 27.3 Å². The van der Waals surface area contributed by atoms with Gasteiger partial charge < -0.3 is 11.2 Å². The van der Waals surface area contributed by atoms with Crippen LogP contribution in [0.4, 0.5) is 17.1 Å². The quantitative estimate of drug-likeness (QED) is 0.214. The average Bonchev–Trinajstić information content (AvgIpc) is 2.62. The molecule has 2 aromatic rings. The molecule has 0 aromatic heterocycles. The third-order valence-electron chi connectivity index (χ3n) is 3.96. The lowest BCUT2D eigenvalue weighted by Gasteiger charge is -2.23. The summed E-state index contributed by atoms with van der Waals surface area (Å²) in [4.78, 5) is 22.8. The monoisotopic (exact) mass is 436 g/mol. The number of hydrogen-bond donors (Lipinski definition) is 3. The first-order valence-corrected chi connectivity index (χ1v) is 9.77. The molecule has 11 heteroatoms. The predicted octanol–water partition coefficient (Wildman–Crippen LogP) is 3.46. The van der Waals surface area contributed by atoms with Crippen LogP contribution in [-0.4, -0.2) is 21.8 Å². The lowest BCUT2D eigenvalue weighted by Crippen LogP contribution is -2.38. The van der Waals surface area contributed by atoms with Crippen LogP contribution < -0.4 is 22.0 Å². The fourth-order valence-corrected chi connectivity index (χ4v) is 3.70. The summed E-state index contributed by atoms with van der Waals surface area (Å²) in [5.41, 5.74) is 3.46. The first kappa shape index (κ1) is 22.5. The van der Waals surface area contributed by atoms with E-state index in [9.17, 15) is 14.9 Å². The van der Waals surface area contributed by atoms with Crippen LogP contribution in [0.3, 0.4) is 0 Å². The summed E-state index contributed by atoms with van der Waals surface area (Å²) in [5.74, 6) is 11.1. The van der Waals surface area contributed by atoms with Gasteiger partial charge in [0.2, 0.25) is 11.1 Å². The molecule has 0 aliphatic carbocycles. The average molecular weight is 437 g/mol. The number of thioether (sulfide) groups is 1. The number of rotatable bonds is 5. The summed E-state index contributed by atoms with van der Waals surface area (Å²) in [6.45, 7) is 5.82. The standard InChI is InChI=1S/C18H21ClN6O3S/c1-10-6-11(2)17(12(3)7-10)24(21)18(23-20)29-9-16(26)22-14-5-4-13(19)8-15(14)25(27)28/h4-8H,9,20-21H2,1-3H3,(H,22,26)/b23-18+. The Hall–Kier alpha value is -2.82. The number of anilines is 2. The maximum absolute atomic E-state index is 12.3. The minimum absolute atomic E-state index is 0.0473. The molecule has 0 aliphatic heterocycles. The Morgan fingerprint density at radius 1 is 1.28 bits per heavy atom. The molecule has 0 aliphatic rings. The second-order valence-corrected chi connectivity index (χ2v) is 7.66. The van der Waals surface area contributed by atoms with E-state index in [4.69, 9.17) is 23.3 Å². The van der Waals surface area contributed by atoms with Gasteiger partial charge in [-0.3, -0.25) is 19.9 Å². The molecule has 2 rings (SSSR count). The van der Waals surface area contributed by atoms with E-state index >= 15 is 0 Å². The molecule has 2 aromatic carbocycles. The van der Waals surface area contributed by atoms with Crippen LogP contribution in [0.5, 0.6) is 0 Å². The van der Waals surface area contributed by atoms with Gasteiger partial charge in [0.25, 0.3) is 5.69 Å². The Morgan fingerprint density at radius 3 is 2.45 bits per heavy atom. The fraction of sp³-hybridized carbons (Fsp3) is 0.222. The number of nitro groups is 1. The van der Waals surface area contributed by atoms with E-state index in [2.05, 4.69) is 10.4 Å². The van der Waals surface area contributed by atoms with Crippen LogP contribution in [0.15, 0.2) is 35.4 Å². The molecule has 0 unspecified atom stereocenters. The Bertz CT molecular complexity index is 959. The van der Waals surface area contributed by atoms with Crippen LogP contribution in [0.25, 0.3) is 0 Å². The van der Waals surface area contributed by atoms with E-state index < -0.39 is 10.8 Å². The van der Waals surface area contributed by atoms with Crippen LogP contribution in [0.1, 0.15) is 16.7 Å². The molecule has 0 bridgehead atoms. The molecule has 1 amide bonds. The maximum atomic E-state index is 12.3. The van der Waals surface area contributed by atoms with Gasteiger partial charge in [-0.2, -0.15) is 5.10 Å². The summed E-state index contributed by atoms with van der Waals surface area (Å²) in [5, 5.41) is 19.1. The number of carbonyl (C=O) groups is 1. The number of carbonyl (C=O) groups excluding carboxylic acids is 1. The predicted molar refractivity (Wildman–Crippen MR) is 118 cm³/mol. The van der Waals surface area contributed by atoms with Crippen molar-refractivity contribution in [2.24, 2.45) is 16.8 Å². The normalized spacial score (nSPS) is 11.3. The van der Waals surface area contributed by atoms with Gasteiger partial charge in [-0.25, -0.2) is 5.84 Å². The molecule has 154 valence electrons. The number of hydrogen-bond acceptors (Lipinski definition) is 7. The highest BCUT2D eigenvalue weighted by molar-refractivity contribution is 8.14.